The molecule has 0 N–H and O–H groups in total. The molecule has 2 aromatic rings. The van der Waals surface area contributed by atoms with Crippen LogP contribution in [-0.2, 0) is 6.54 Å². The van der Waals surface area contributed by atoms with Gasteiger partial charge in [-0.05, 0) is 24.3 Å². The SMILES string of the molecule is O=c1oc2ccccc2c2c1CN1C=CC=CC1=N2. The average Bonchev–Trinajstić information content (AvgIpc) is 2.46. The molecule has 3 heterocycles. The largest absolute Gasteiger partial charge is 0.422 e. The van der Waals surface area contributed by atoms with Crippen molar-refractivity contribution < 1.29 is 4.42 Å². The number of nitrogens with zero attached hydrogens (tertiary/aromatic N) is 2. The number of rotatable bonds is 0. The third kappa shape index (κ3) is 1.46. The van der Waals surface area contributed by atoms with E-state index in [2.05, 4.69) is 4.99 Å². The van der Waals surface area contributed by atoms with E-state index in [1.165, 1.54) is 0 Å². The fourth-order valence-corrected chi connectivity index (χ4v) is 2.43. The second-order valence-corrected chi connectivity index (χ2v) is 4.51. The van der Waals surface area contributed by atoms with E-state index < -0.39 is 0 Å². The molecule has 0 fully saturated rings. The lowest BCUT2D eigenvalue weighted by Crippen LogP contribution is -2.30. The van der Waals surface area contributed by atoms with Crippen molar-refractivity contribution in [2.24, 2.45) is 4.99 Å². The quantitative estimate of drug-likeness (QED) is 0.675. The molecule has 0 bridgehead atoms. The van der Waals surface area contributed by atoms with Crippen LogP contribution in [0.4, 0.5) is 5.69 Å². The van der Waals surface area contributed by atoms with E-state index in [-0.39, 0.29) is 5.63 Å². The number of para-hydroxylation sites is 1. The Bertz CT molecular complexity index is 828. The molecule has 0 aliphatic carbocycles. The zero-order chi connectivity index (χ0) is 12.8. The Morgan fingerprint density at radius 3 is 3.05 bits per heavy atom. The Kier molecular flexibility index (Phi) is 2.00. The van der Waals surface area contributed by atoms with E-state index >= 15 is 0 Å². The van der Waals surface area contributed by atoms with Crippen LogP contribution in [0.5, 0.6) is 0 Å². The van der Waals surface area contributed by atoms with E-state index in [1.807, 2.05) is 47.5 Å². The van der Waals surface area contributed by atoms with Gasteiger partial charge in [0.1, 0.15) is 11.4 Å². The molecule has 0 atom stereocenters. The zero-order valence-electron chi connectivity index (χ0n) is 10.0. The van der Waals surface area contributed by atoms with Crippen LogP contribution in [0.25, 0.3) is 11.0 Å². The average molecular weight is 250 g/mol. The molecule has 92 valence electrons. The molecule has 19 heavy (non-hydrogen) atoms. The molecule has 1 aromatic carbocycles. The van der Waals surface area contributed by atoms with E-state index in [1.54, 1.807) is 6.07 Å². The smallest absolute Gasteiger partial charge is 0.343 e. The van der Waals surface area contributed by atoms with Crippen molar-refractivity contribution in [2.45, 2.75) is 6.54 Å². The second-order valence-electron chi connectivity index (χ2n) is 4.51. The normalized spacial score (nSPS) is 16.2. The first-order chi connectivity index (χ1) is 9.33. The topological polar surface area (TPSA) is 45.8 Å². The fourth-order valence-electron chi connectivity index (χ4n) is 2.43. The van der Waals surface area contributed by atoms with Crippen molar-refractivity contribution in [1.29, 1.82) is 0 Å². The van der Waals surface area contributed by atoms with Gasteiger partial charge < -0.3 is 9.32 Å². The van der Waals surface area contributed by atoms with Crippen LogP contribution in [0.1, 0.15) is 5.56 Å². The Morgan fingerprint density at radius 2 is 2.11 bits per heavy atom. The highest BCUT2D eigenvalue weighted by atomic mass is 16.4. The van der Waals surface area contributed by atoms with Crippen molar-refractivity contribution in [3.05, 3.63) is 64.7 Å². The summed E-state index contributed by atoms with van der Waals surface area (Å²) in [4.78, 5) is 18.6. The first-order valence-electron chi connectivity index (χ1n) is 6.08. The summed E-state index contributed by atoms with van der Waals surface area (Å²) in [6.45, 7) is 0.502. The molecule has 0 spiro atoms. The molecule has 4 heteroatoms. The molecule has 0 radical (unpaired) electrons. The van der Waals surface area contributed by atoms with Gasteiger partial charge in [-0.25, -0.2) is 9.79 Å². The lowest BCUT2D eigenvalue weighted by atomic mass is 10.1. The van der Waals surface area contributed by atoms with Crippen LogP contribution >= 0.6 is 0 Å². The van der Waals surface area contributed by atoms with Crippen LogP contribution in [-0.4, -0.2) is 10.7 Å². The predicted octanol–water partition coefficient (Wildman–Crippen LogP) is 2.72. The van der Waals surface area contributed by atoms with Crippen molar-refractivity contribution in [3.63, 3.8) is 0 Å². The Labute approximate surface area is 109 Å². The highest BCUT2D eigenvalue weighted by molar-refractivity contribution is 6.02. The van der Waals surface area contributed by atoms with Gasteiger partial charge in [0.05, 0.1) is 17.8 Å². The molecule has 4 rings (SSSR count). The molecule has 4 nitrogen and oxygen atoms in total. The minimum absolute atomic E-state index is 0.306. The molecule has 1 aromatic heterocycles. The number of hydrogen-bond acceptors (Lipinski definition) is 4. The van der Waals surface area contributed by atoms with Gasteiger partial charge in [0.25, 0.3) is 0 Å². The molecular formula is C15H10N2O2. The van der Waals surface area contributed by atoms with Gasteiger partial charge in [0.2, 0.25) is 0 Å². The molecule has 0 amide bonds. The van der Waals surface area contributed by atoms with Crippen LogP contribution < -0.4 is 5.63 Å². The van der Waals surface area contributed by atoms with E-state index in [9.17, 15) is 4.79 Å². The number of allylic oxidation sites excluding steroid dienone is 2. The van der Waals surface area contributed by atoms with Crippen LogP contribution in [0.15, 0.2) is 62.9 Å². The summed E-state index contributed by atoms with van der Waals surface area (Å²) in [6.07, 6.45) is 7.71. The fraction of sp³-hybridized carbons (Fsp3) is 0.0667. The van der Waals surface area contributed by atoms with Crippen molar-refractivity contribution in [1.82, 2.24) is 4.90 Å². The molecule has 0 saturated heterocycles. The summed E-state index contributed by atoms with van der Waals surface area (Å²) in [5.41, 5.74) is 1.62. The minimum atomic E-state index is -0.306. The number of hydrogen-bond donors (Lipinski definition) is 0. The van der Waals surface area contributed by atoms with Gasteiger partial charge in [-0.1, -0.05) is 18.2 Å². The molecule has 0 saturated carbocycles. The van der Waals surface area contributed by atoms with Crippen LogP contribution in [0.3, 0.4) is 0 Å². The van der Waals surface area contributed by atoms with Crippen LogP contribution in [0.2, 0.25) is 0 Å². The summed E-state index contributed by atoms with van der Waals surface area (Å²) in [7, 11) is 0. The summed E-state index contributed by atoms with van der Waals surface area (Å²) in [5.74, 6) is 0.853. The number of amidine groups is 1. The third-order valence-electron chi connectivity index (χ3n) is 3.35. The van der Waals surface area contributed by atoms with Gasteiger partial charge in [0, 0.05) is 11.6 Å². The van der Waals surface area contributed by atoms with Crippen molar-refractivity contribution >= 4 is 22.5 Å². The second kappa shape index (κ2) is 3.68. The van der Waals surface area contributed by atoms with Gasteiger partial charge in [-0.15, -0.1) is 0 Å². The molecule has 0 unspecified atom stereocenters. The Hall–Kier alpha value is -2.62. The molecule has 2 aliphatic heterocycles. The number of benzene rings is 1. The van der Waals surface area contributed by atoms with Gasteiger partial charge in [-0.3, -0.25) is 0 Å². The highest BCUT2D eigenvalue weighted by Crippen LogP contribution is 2.32. The van der Waals surface area contributed by atoms with E-state index in [0.717, 1.165) is 16.9 Å². The zero-order valence-corrected chi connectivity index (χ0v) is 10.0. The standard InChI is InChI=1S/C15H10N2O2/c18-15-11-9-17-8-4-3-7-13(17)16-14(11)10-5-1-2-6-12(10)19-15/h1-8H,9H2. The Morgan fingerprint density at radius 1 is 1.21 bits per heavy atom. The summed E-state index contributed by atoms with van der Waals surface area (Å²) < 4.78 is 5.35. The van der Waals surface area contributed by atoms with Gasteiger partial charge in [-0.2, -0.15) is 0 Å². The summed E-state index contributed by atoms with van der Waals surface area (Å²) >= 11 is 0. The number of aliphatic imine (C=N–C) groups is 1. The number of fused-ring (bicyclic) bond motifs is 4. The predicted molar refractivity (Wildman–Crippen MR) is 73.4 cm³/mol. The van der Waals surface area contributed by atoms with E-state index in [0.29, 0.717) is 17.7 Å². The van der Waals surface area contributed by atoms with Crippen molar-refractivity contribution in [3.8, 4) is 0 Å². The molecule has 2 aliphatic rings. The maximum atomic E-state index is 12.0. The van der Waals surface area contributed by atoms with Crippen molar-refractivity contribution in [2.75, 3.05) is 0 Å². The Balaban J connectivity index is 2.08. The lowest BCUT2D eigenvalue weighted by molar-refractivity contribution is 0.498. The van der Waals surface area contributed by atoms with Crippen LogP contribution in [0, 0.1) is 0 Å². The lowest BCUT2D eigenvalue weighted by Gasteiger charge is -2.26. The van der Waals surface area contributed by atoms with E-state index in [4.69, 9.17) is 4.42 Å². The summed E-state index contributed by atoms with van der Waals surface area (Å²) in [6, 6.07) is 7.49. The summed E-state index contributed by atoms with van der Waals surface area (Å²) in [5, 5.41) is 0.882. The maximum Gasteiger partial charge on any atom is 0.343 e. The maximum absolute atomic E-state index is 12.0. The first-order valence-corrected chi connectivity index (χ1v) is 6.08. The molecular weight excluding hydrogens is 240 g/mol. The van der Waals surface area contributed by atoms with Gasteiger partial charge >= 0.3 is 5.63 Å². The third-order valence-corrected chi connectivity index (χ3v) is 3.35. The highest BCUT2D eigenvalue weighted by Gasteiger charge is 2.23. The minimum Gasteiger partial charge on any atom is -0.422 e. The van der Waals surface area contributed by atoms with Gasteiger partial charge in [0.15, 0.2) is 0 Å². The monoisotopic (exact) mass is 250 g/mol. The first kappa shape index (κ1) is 10.3.